The first-order chi connectivity index (χ1) is 14.5. The number of hydrogen-bond acceptors (Lipinski definition) is 5. The highest BCUT2D eigenvalue weighted by Gasteiger charge is 2.23. The summed E-state index contributed by atoms with van der Waals surface area (Å²) >= 11 is 6.09. The van der Waals surface area contributed by atoms with Crippen LogP contribution >= 0.6 is 11.6 Å². The molecule has 0 radical (unpaired) electrons. The molecule has 7 nitrogen and oxygen atoms in total. The molecule has 1 fully saturated rings. The molecule has 1 saturated heterocycles. The van der Waals surface area contributed by atoms with E-state index in [9.17, 15) is 13.2 Å². The number of rotatable bonds is 10. The summed E-state index contributed by atoms with van der Waals surface area (Å²) in [5.41, 5.74) is 1.26. The summed E-state index contributed by atoms with van der Waals surface area (Å²) in [5.74, 6) is -0.345. The van der Waals surface area contributed by atoms with E-state index in [1.165, 1.54) is 18.2 Å². The summed E-state index contributed by atoms with van der Waals surface area (Å²) in [7, 11) is -3.85. The Morgan fingerprint density at radius 2 is 1.93 bits per heavy atom. The van der Waals surface area contributed by atoms with Gasteiger partial charge in [0.25, 0.3) is 5.91 Å². The predicted molar refractivity (Wildman–Crippen MR) is 117 cm³/mol. The maximum atomic E-state index is 12.6. The van der Waals surface area contributed by atoms with Gasteiger partial charge in [-0.05, 0) is 49.6 Å². The maximum absolute atomic E-state index is 12.6. The molecule has 1 atom stereocenters. The molecule has 9 heteroatoms. The molecule has 2 aromatic carbocycles. The van der Waals surface area contributed by atoms with Crippen molar-refractivity contribution in [2.24, 2.45) is 0 Å². The van der Waals surface area contributed by atoms with Crippen molar-refractivity contribution in [3.05, 3.63) is 59.1 Å². The number of para-hydroxylation sites is 1. The van der Waals surface area contributed by atoms with Crippen LogP contribution in [0.15, 0.2) is 53.4 Å². The first-order valence-corrected chi connectivity index (χ1v) is 11.8. The third-order valence-electron chi connectivity index (χ3n) is 4.75. The van der Waals surface area contributed by atoms with Crippen LogP contribution in [0.3, 0.4) is 0 Å². The summed E-state index contributed by atoms with van der Waals surface area (Å²) in [6.45, 7) is 1.99. The third-order valence-corrected chi connectivity index (χ3v) is 6.66. The molecule has 0 aliphatic carbocycles. The molecule has 0 bridgehead atoms. The Kier molecular flexibility index (Phi) is 8.09. The lowest BCUT2D eigenvalue weighted by atomic mass is 10.2. The summed E-state index contributed by atoms with van der Waals surface area (Å²) in [5, 5.41) is 6.14. The van der Waals surface area contributed by atoms with Crippen molar-refractivity contribution in [1.82, 2.24) is 10.0 Å². The Balaban J connectivity index is 1.52. The zero-order valence-electron chi connectivity index (χ0n) is 16.6. The molecule has 0 spiro atoms. The molecule has 0 saturated carbocycles. The van der Waals surface area contributed by atoms with Crippen LogP contribution in [0.4, 0.5) is 5.69 Å². The largest absolute Gasteiger partial charge is 0.385 e. The predicted octanol–water partition coefficient (Wildman–Crippen LogP) is 3.03. The van der Waals surface area contributed by atoms with Crippen molar-refractivity contribution in [2.45, 2.75) is 30.3 Å². The van der Waals surface area contributed by atoms with Crippen LogP contribution in [0.1, 0.15) is 29.6 Å². The fraction of sp³-hybridized carbons (Fsp3) is 0.381. The molecule has 3 N–H and O–H groups in total. The number of nitrogens with one attached hydrogen (secondary N) is 3. The van der Waals surface area contributed by atoms with Crippen LogP contribution < -0.4 is 15.4 Å². The average molecular weight is 452 g/mol. The van der Waals surface area contributed by atoms with Gasteiger partial charge in [-0.2, -0.15) is 0 Å². The lowest BCUT2D eigenvalue weighted by Gasteiger charge is -2.13. The van der Waals surface area contributed by atoms with Crippen molar-refractivity contribution >= 4 is 33.2 Å². The van der Waals surface area contributed by atoms with Crippen molar-refractivity contribution in [3.8, 4) is 0 Å². The van der Waals surface area contributed by atoms with Gasteiger partial charge >= 0.3 is 0 Å². The lowest BCUT2D eigenvalue weighted by molar-refractivity contribution is 0.0953. The molecule has 2 aromatic rings. The number of carbonyl (C=O) groups is 1. The minimum atomic E-state index is -3.85. The second-order valence-corrected chi connectivity index (χ2v) is 9.18. The normalized spacial score (nSPS) is 16.4. The smallest absolute Gasteiger partial charge is 0.251 e. The number of sulfonamides is 1. The molecule has 0 aromatic heterocycles. The standard InChI is InChI=1S/C21H26ClN3O4S/c22-19-10-9-16(14-20(19)30(27,28)25-15-18-8-4-13-29-18)21(26)24-12-5-11-23-17-6-2-1-3-7-17/h1-3,6-7,9-10,14,18,23,25H,4-5,8,11-13,15H2,(H,24,26). The Morgan fingerprint density at radius 1 is 1.13 bits per heavy atom. The van der Waals surface area contributed by atoms with E-state index in [-0.39, 0.29) is 34.0 Å². The van der Waals surface area contributed by atoms with Crippen molar-refractivity contribution in [3.63, 3.8) is 0 Å². The third kappa shape index (κ3) is 6.43. The lowest BCUT2D eigenvalue weighted by Crippen LogP contribution is -2.32. The van der Waals surface area contributed by atoms with E-state index in [1.807, 2.05) is 30.3 Å². The van der Waals surface area contributed by atoms with Gasteiger partial charge in [-0.15, -0.1) is 0 Å². The zero-order valence-corrected chi connectivity index (χ0v) is 18.1. The second kappa shape index (κ2) is 10.8. The Bertz CT molecular complexity index is 948. The first kappa shape index (κ1) is 22.6. The summed E-state index contributed by atoms with van der Waals surface area (Å²) in [4.78, 5) is 12.3. The highest BCUT2D eigenvalue weighted by atomic mass is 35.5. The van der Waals surface area contributed by atoms with Gasteiger partial charge < -0.3 is 15.4 Å². The Labute approximate surface area is 182 Å². The molecule has 1 amide bonds. The highest BCUT2D eigenvalue weighted by Crippen LogP contribution is 2.23. The Morgan fingerprint density at radius 3 is 2.67 bits per heavy atom. The minimum absolute atomic E-state index is 0.0680. The van der Waals surface area contributed by atoms with E-state index < -0.39 is 10.0 Å². The van der Waals surface area contributed by atoms with Gasteiger partial charge in [-0.25, -0.2) is 13.1 Å². The van der Waals surface area contributed by atoms with E-state index in [0.29, 0.717) is 19.7 Å². The first-order valence-electron chi connectivity index (χ1n) is 9.93. The summed E-state index contributed by atoms with van der Waals surface area (Å²) in [6, 6.07) is 14.0. The Hall–Kier alpha value is -2.13. The van der Waals surface area contributed by atoms with Gasteiger partial charge in [0.05, 0.1) is 11.1 Å². The van der Waals surface area contributed by atoms with E-state index in [2.05, 4.69) is 15.4 Å². The molecule has 1 aliphatic heterocycles. The van der Waals surface area contributed by atoms with Crippen molar-refractivity contribution in [2.75, 3.05) is 31.6 Å². The second-order valence-electron chi connectivity index (χ2n) is 7.03. The van der Waals surface area contributed by atoms with Crippen LogP contribution in [-0.4, -0.2) is 46.7 Å². The van der Waals surface area contributed by atoms with Crippen molar-refractivity contribution < 1.29 is 17.9 Å². The van der Waals surface area contributed by atoms with Crippen LogP contribution in [0, 0.1) is 0 Å². The molecular weight excluding hydrogens is 426 g/mol. The fourth-order valence-corrected chi connectivity index (χ4v) is 4.71. The number of carbonyl (C=O) groups excluding carboxylic acids is 1. The fourth-order valence-electron chi connectivity index (χ4n) is 3.12. The van der Waals surface area contributed by atoms with Gasteiger partial charge in [-0.1, -0.05) is 29.8 Å². The van der Waals surface area contributed by atoms with Crippen molar-refractivity contribution in [1.29, 1.82) is 0 Å². The quantitative estimate of drug-likeness (QED) is 0.482. The van der Waals surface area contributed by atoms with Gasteiger partial charge in [0.15, 0.2) is 0 Å². The number of amides is 1. The van der Waals surface area contributed by atoms with E-state index in [4.69, 9.17) is 16.3 Å². The number of anilines is 1. The molecular formula is C21H26ClN3O4S. The molecule has 30 heavy (non-hydrogen) atoms. The molecule has 3 rings (SSSR count). The van der Waals surface area contributed by atoms with Crippen LogP contribution in [0.5, 0.6) is 0 Å². The van der Waals surface area contributed by atoms with Crippen LogP contribution in [0.2, 0.25) is 5.02 Å². The molecule has 1 unspecified atom stereocenters. The topological polar surface area (TPSA) is 96.5 Å². The van der Waals surface area contributed by atoms with Gasteiger partial charge in [-0.3, -0.25) is 4.79 Å². The van der Waals surface area contributed by atoms with Gasteiger partial charge in [0, 0.05) is 37.5 Å². The maximum Gasteiger partial charge on any atom is 0.251 e. The van der Waals surface area contributed by atoms with E-state index in [1.54, 1.807) is 0 Å². The molecule has 1 heterocycles. The zero-order chi connectivity index (χ0) is 21.4. The monoisotopic (exact) mass is 451 g/mol. The number of ether oxygens (including phenoxy) is 1. The summed E-state index contributed by atoms with van der Waals surface area (Å²) < 4.78 is 33.2. The summed E-state index contributed by atoms with van der Waals surface area (Å²) in [6.07, 6.45) is 2.33. The SMILES string of the molecule is O=C(NCCCNc1ccccc1)c1ccc(Cl)c(S(=O)(=O)NCC2CCCO2)c1. The van der Waals surface area contributed by atoms with Crippen LogP contribution in [0.25, 0.3) is 0 Å². The van der Waals surface area contributed by atoms with Gasteiger partial charge in [0.1, 0.15) is 4.90 Å². The average Bonchev–Trinajstić information content (AvgIpc) is 3.27. The van der Waals surface area contributed by atoms with E-state index in [0.717, 1.165) is 24.9 Å². The van der Waals surface area contributed by atoms with E-state index >= 15 is 0 Å². The number of halogens is 1. The van der Waals surface area contributed by atoms with Gasteiger partial charge in [0.2, 0.25) is 10.0 Å². The highest BCUT2D eigenvalue weighted by molar-refractivity contribution is 7.89. The van der Waals surface area contributed by atoms with Crippen LogP contribution in [-0.2, 0) is 14.8 Å². The number of hydrogen-bond donors (Lipinski definition) is 3. The molecule has 1 aliphatic rings. The minimum Gasteiger partial charge on any atom is -0.385 e. The number of benzene rings is 2. The molecule has 162 valence electrons.